The molecule has 1 aromatic heterocycles. The zero-order chi connectivity index (χ0) is 24.7. The molecular formula is C25H21F4N5O. The molecular weight excluding hydrogens is 462 g/mol. The molecule has 1 aliphatic heterocycles. The van der Waals surface area contributed by atoms with Crippen molar-refractivity contribution in [3.05, 3.63) is 76.9 Å². The van der Waals surface area contributed by atoms with E-state index in [1.807, 2.05) is 11.0 Å². The average molecular weight is 483 g/mol. The van der Waals surface area contributed by atoms with E-state index in [-0.39, 0.29) is 23.1 Å². The van der Waals surface area contributed by atoms with E-state index in [4.69, 9.17) is 0 Å². The Hall–Kier alpha value is -3.87. The topological polar surface area (TPSA) is 65.2 Å². The van der Waals surface area contributed by atoms with E-state index in [0.717, 1.165) is 25.0 Å². The van der Waals surface area contributed by atoms with Crippen LogP contribution in [0.5, 0.6) is 0 Å². The highest BCUT2D eigenvalue weighted by Crippen LogP contribution is 2.43. The van der Waals surface area contributed by atoms with Crippen molar-refractivity contribution in [3.8, 4) is 11.8 Å². The van der Waals surface area contributed by atoms with Crippen molar-refractivity contribution in [1.82, 2.24) is 14.7 Å². The van der Waals surface area contributed by atoms with Crippen LogP contribution in [0.25, 0.3) is 5.69 Å². The summed E-state index contributed by atoms with van der Waals surface area (Å²) < 4.78 is 55.1. The number of nitrogens with zero attached hydrogens (tertiary/aromatic N) is 5. The van der Waals surface area contributed by atoms with Crippen molar-refractivity contribution in [1.29, 1.82) is 5.26 Å². The van der Waals surface area contributed by atoms with Crippen molar-refractivity contribution < 1.29 is 22.4 Å². The first kappa shape index (κ1) is 22.9. The number of hydrogen-bond donors (Lipinski definition) is 0. The van der Waals surface area contributed by atoms with Crippen LogP contribution in [0.4, 0.5) is 23.2 Å². The SMILES string of the molecule is N#Cc1c(F)cccc1N1CCN(C(=O)c2cnn(-c3cccc(C(F)(F)F)c3)c2C2CC2)CC1. The second-order valence-electron chi connectivity index (χ2n) is 8.70. The van der Waals surface area contributed by atoms with Crippen LogP contribution in [0.3, 0.4) is 0 Å². The molecule has 1 amide bonds. The van der Waals surface area contributed by atoms with Gasteiger partial charge in [-0.3, -0.25) is 4.79 Å². The number of carbonyl (C=O) groups is 1. The minimum absolute atomic E-state index is 0.0225. The Bertz CT molecular complexity index is 1310. The summed E-state index contributed by atoms with van der Waals surface area (Å²) in [5, 5.41) is 13.6. The van der Waals surface area contributed by atoms with E-state index >= 15 is 0 Å². The van der Waals surface area contributed by atoms with Crippen LogP contribution in [0.2, 0.25) is 0 Å². The van der Waals surface area contributed by atoms with E-state index in [9.17, 15) is 27.6 Å². The summed E-state index contributed by atoms with van der Waals surface area (Å²) in [6, 6.07) is 11.3. The number of piperazine rings is 1. The fraction of sp³-hybridized carbons (Fsp3) is 0.320. The predicted octanol–water partition coefficient (Wildman–Crippen LogP) is 4.74. The number of amides is 1. The first-order chi connectivity index (χ1) is 16.8. The van der Waals surface area contributed by atoms with Gasteiger partial charge in [0.15, 0.2) is 0 Å². The monoisotopic (exact) mass is 483 g/mol. The molecule has 0 atom stereocenters. The molecule has 0 spiro atoms. The van der Waals surface area contributed by atoms with E-state index in [2.05, 4.69) is 5.10 Å². The highest BCUT2D eigenvalue weighted by molar-refractivity contribution is 5.95. The van der Waals surface area contributed by atoms with Crippen LogP contribution in [-0.2, 0) is 6.18 Å². The highest BCUT2D eigenvalue weighted by Gasteiger charge is 2.36. The summed E-state index contributed by atoms with van der Waals surface area (Å²) in [5.41, 5.74) is 0.989. The molecule has 6 nitrogen and oxygen atoms in total. The molecule has 3 aromatic rings. The van der Waals surface area contributed by atoms with E-state index in [1.165, 1.54) is 23.0 Å². The number of alkyl halides is 3. The fourth-order valence-corrected chi connectivity index (χ4v) is 4.50. The van der Waals surface area contributed by atoms with Gasteiger partial charge in [0.2, 0.25) is 0 Å². The molecule has 0 unspecified atom stereocenters. The summed E-state index contributed by atoms with van der Waals surface area (Å²) in [6.07, 6.45) is -1.36. The Morgan fingerprint density at radius 3 is 2.43 bits per heavy atom. The van der Waals surface area contributed by atoms with Gasteiger partial charge in [-0.1, -0.05) is 12.1 Å². The van der Waals surface area contributed by atoms with Crippen molar-refractivity contribution in [2.75, 3.05) is 31.1 Å². The molecule has 0 radical (unpaired) electrons. The lowest BCUT2D eigenvalue weighted by Crippen LogP contribution is -2.49. The normalized spacial score (nSPS) is 16.3. The van der Waals surface area contributed by atoms with Crippen molar-refractivity contribution in [2.24, 2.45) is 0 Å². The quantitative estimate of drug-likeness (QED) is 0.503. The number of nitriles is 1. The van der Waals surface area contributed by atoms with Crippen molar-refractivity contribution >= 4 is 11.6 Å². The van der Waals surface area contributed by atoms with Gasteiger partial charge in [0.1, 0.15) is 17.4 Å². The van der Waals surface area contributed by atoms with Gasteiger partial charge in [-0.15, -0.1) is 0 Å². The maximum absolute atomic E-state index is 14.0. The molecule has 10 heteroatoms. The molecule has 2 heterocycles. The Morgan fingerprint density at radius 1 is 1.06 bits per heavy atom. The molecule has 1 aliphatic carbocycles. The molecule has 180 valence electrons. The highest BCUT2D eigenvalue weighted by atomic mass is 19.4. The Kier molecular flexibility index (Phi) is 5.71. The van der Waals surface area contributed by atoms with Gasteiger partial charge in [-0.25, -0.2) is 9.07 Å². The summed E-state index contributed by atoms with van der Waals surface area (Å²) in [5.74, 6) is -0.748. The number of carbonyl (C=O) groups excluding carboxylic acids is 1. The van der Waals surface area contributed by atoms with Crippen LogP contribution in [0, 0.1) is 17.1 Å². The van der Waals surface area contributed by atoms with Gasteiger partial charge in [-0.05, 0) is 43.2 Å². The van der Waals surface area contributed by atoms with Crippen molar-refractivity contribution in [2.45, 2.75) is 24.9 Å². The van der Waals surface area contributed by atoms with Crippen LogP contribution >= 0.6 is 0 Å². The molecule has 5 rings (SSSR count). The first-order valence-corrected chi connectivity index (χ1v) is 11.3. The number of hydrogen-bond acceptors (Lipinski definition) is 4. The van der Waals surface area contributed by atoms with Gasteiger partial charge >= 0.3 is 6.18 Å². The standard InChI is InChI=1S/C25H21F4N5O/c26-21-5-2-6-22(19(21)14-30)32-9-11-33(12-10-32)24(35)20-15-31-34(23(20)16-7-8-16)18-4-1-3-17(13-18)25(27,28)29/h1-6,13,15-16H,7-12H2. The smallest absolute Gasteiger partial charge is 0.367 e. The third-order valence-electron chi connectivity index (χ3n) is 6.43. The van der Waals surface area contributed by atoms with Crippen LogP contribution in [0.1, 0.15) is 45.9 Å². The van der Waals surface area contributed by atoms with Gasteiger partial charge in [-0.2, -0.15) is 23.5 Å². The van der Waals surface area contributed by atoms with E-state index in [1.54, 1.807) is 23.1 Å². The largest absolute Gasteiger partial charge is 0.416 e. The summed E-state index contributed by atoms with van der Waals surface area (Å²) in [7, 11) is 0. The van der Waals surface area contributed by atoms with Crippen LogP contribution in [-0.4, -0.2) is 46.8 Å². The third-order valence-corrected chi connectivity index (χ3v) is 6.43. The van der Waals surface area contributed by atoms with E-state index < -0.39 is 17.6 Å². The summed E-state index contributed by atoms with van der Waals surface area (Å²) in [6.45, 7) is 1.56. The Labute approximate surface area is 199 Å². The average Bonchev–Trinajstić information content (AvgIpc) is 3.60. The third kappa shape index (κ3) is 4.34. The number of halogens is 4. The maximum atomic E-state index is 14.0. The number of benzene rings is 2. The van der Waals surface area contributed by atoms with Gasteiger partial charge in [0.05, 0.1) is 34.4 Å². The lowest BCUT2D eigenvalue weighted by molar-refractivity contribution is -0.137. The number of aromatic nitrogens is 2. The Morgan fingerprint density at radius 2 is 1.77 bits per heavy atom. The molecule has 0 N–H and O–H groups in total. The zero-order valence-electron chi connectivity index (χ0n) is 18.6. The molecule has 2 aromatic carbocycles. The second-order valence-corrected chi connectivity index (χ2v) is 8.70. The van der Waals surface area contributed by atoms with Gasteiger partial charge < -0.3 is 9.80 Å². The van der Waals surface area contributed by atoms with Gasteiger partial charge in [0, 0.05) is 32.1 Å². The molecule has 1 saturated heterocycles. The zero-order valence-corrected chi connectivity index (χ0v) is 18.6. The Balaban J connectivity index is 1.38. The summed E-state index contributed by atoms with van der Waals surface area (Å²) >= 11 is 0. The molecule has 2 fully saturated rings. The summed E-state index contributed by atoms with van der Waals surface area (Å²) in [4.78, 5) is 16.9. The molecule has 2 aliphatic rings. The lowest BCUT2D eigenvalue weighted by Gasteiger charge is -2.36. The number of rotatable bonds is 4. The lowest BCUT2D eigenvalue weighted by atomic mass is 10.1. The number of anilines is 1. The van der Waals surface area contributed by atoms with E-state index in [0.29, 0.717) is 43.1 Å². The van der Waals surface area contributed by atoms with Crippen LogP contribution in [0.15, 0.2) is 48.7 Å². The van der Waals surface area contributed by atoms with Gasteiger partial charge in [0.25, 0.3) is 5.91 Å². The maximum Gasteiger partial charge on any atom is 0.416 e. The van der Waals surface area contributed by atoms with Crippen molar-refractivity contribution in [3.63, 3.8) is 0 Å². The van der Waals surface area contributed by atoms with Crippen LogP contribution < -0.4 is 4.90 Å². The minimum atomic E-state index is -4.48. The fourth-order valence-electron chi connectivity index (χ4n) is 4.50. The molecule has 35 heavy (non-hydrogen) atoms. The second kappa shape index (κ2) is 8.73. The minimum Gasteiger partial charge on any atom is -0.367 e. The molecule has 1 saturated carbocycles. The first-order valence-electron chi connectivity index (χ1n) is 11.3. The molecule has 0 bridgehead atoms. The predicted molar refractivity (Wildman–Crippen MR) is 120 cm³/mol.